The molecule has 1 aromatic heterocycles. The topological polar surface area (TPSA) is 139 Å². The summed E-state index contributed by atoms with van der Waals surface area (Å²) in [5, 5.41) is 6.19. The highest BCUT2D eigenvalue weighted by Gasteiger charge is 2.22. The minimum Gasteiger partial charge on any atom is -0.368 e. The van der Waals surface area contributed by atoms with Crippen molar-refractivity contribution >= 4 is 11.8 Å². The largest absolute Gasteiger partial charge is 0.368 e. The molecule has 148 valence electrons. The van der Waals surface area contributed by atoms with E-state index in [1.54, 1.807) is 12.5 Å². The maximum absolute atomic E-state index is 12.4. The number of imidazole rings is 1. The summed E-state index contributed by atoms with van der Waals surface area (Å²) < 4.78 is 0. The lowest BCUT2D eigenvalue weighted by molar-refractivity contribution is -0.123. The number of nitrogens with one attached hydrogen (secondary N) is 3. The zero-order chi connectivity index (χ0) is 19.7. The maximum atomic E-state index is 12.4. The lowest BCUT2D eigenvalue weighted by atomic mass is 10.0. The molecule has 0 unspecified atom stereocenters. The van der Waals surface area contributed by atoms with Crippen LogP contribution in [-0.2, 0) is 16.0 Å². The van der Waals surface area contributed by atoms with Crippen LogP contribution in [0.3, 0.4) is 0 Å². The van der Waals surface area contributed by atoms with E-state index < -0.39 is 12.1 Å². The van der Waals surface area contributed by atoms with E-state index in [0.29, 0.717) is 31.2 Å². The van der Waals surface area contributed by atoms with Crippen molar-refractivity contribution in [3.63, 3.8) is 0 Å². The lowest BCUT2D eigenvalue weighted by Crippen LogP contribution is -2.52. The Hall–Kier alpha value is -1.93. The van der Waals surface area contributed by atoms with Crippen LogP contribution in [0.25, 0.3) is 0 Å². The molecule has 8 nitrogen and oxygen atoms in total. The van der Waals surface area contributed by atoms with Crippen LogP contribution in [0, 0.1) is 11.8 Å². The summed E-state index contributed by atoms with van der Waals surface area (Å²) in [4.78, 5) is 30.9. The zero-order valence-electron chi connectivity index (χ0n) is 16.3. The van der Waals surface area contributed by atoms with E-state index in [9.17, 15) is 9.59 Å². The molecule has 0 bridgehead atoms. The van der Waals surface area contributed by atoms with E-state index in [1.165, 1.54) is 0 Å². The van der Waals surface area contributed by atoms with Gasteiger partial charge in [-0.25, -0.2) is 4.98 Å². The summed E-state index contributed by atoms with van der Waals surface area (Å²) >= 11 is 0. The maximum Gasteiger partial charge on any atom is 0.237 e. The molecule has 0 aromatic carbocycles. The molecule has 0 saturated heterocycles. The first kappa shape index (κ1) is 22.1. The van der Waals surface area contributed by atoms with Crippen molar-refractivity contribution in [2.24, 2.45) is 23.3 Å². The molecule has 0 fully saturated rings. The van der Waals surface area contributed by atoms with Gasteiger partial charge in [0.05, 0.1) is 18.4 Å². The van der Waals surface area contributed by atoms with E-state index >= 15 is 0 Å². The third kappa shape index (κ3) is 8.44. The van der Waals surface area contributed by atoms with Gasteiger partial charge >= 0.3 is 0 Å². The predicted octanol–water partition coefficient (Wildman–Crippen LogP) is 0.300. The molecule has 0 aliphatic heterocycles. The van der Waals surface area contributed by atoms with Gasteiger partial charge in [-0.1, -0.05) is 27.7 Å². The van der Waals surface area contributed by atoms with Gasteiger partial charge in [0.25, 0.3) is 0 Å². The second-order valence-electron chi connectivity index (χ2n) is 7.72. The number of nitrogens with two attached hydrogens (primary N) is 2. The number of rotatable bonds is 12. The zero-order valence-corrected chi connectivity index (χ0v) is 16.3. The molecule has 1 rings (SSSR count). The van der Waals surface area contributed by atoms with Crippen LogP contribution < -0.4 is 22.1 Å². The van der Waals surface area contributed by atoms with Crippen molar-refractivity contribution in [2.75, 3.05) is 6.54 Å². The van der Waals surface area contributed by atoms with Crippen LogP contribution in [0.15, 0.2) is 12.5 Å². The number of amides is 2. The lowest BCUT2D eigenvalue weighted by Gasteiger charge is -2.25. The molecule has 0 aliphatic rings. The first-order chi connectivity index (χ1) is 12.2. The third-order valence-electron chi connectivity index (χ3n) is 4.09. The Labute approximate surface area is 155 Å². The van der Waals surface area contributed by atoms with Gasteiger partial charge in [-0.2, -0.15) is 0 Å². The number of hydrogen-bond donors (Lipinski definition) is 5. The molecule has 0 aliphatic carbocycles. The Kier molecular flexibility index (Phi) is 9.29. The fourth-order valence-electron chi connectivity index (χ4n) is 2.85. The van der Waals surface area contributed by atoms with Crippen molar-refractivity contribution in [1.82, 2.24) is 20.6 Å². The van der Waals surface area contributed by atoms with Gasteiger partial charge < -0.3 is 27.1 Å². The quantitative estimate of drug-likeness (QED) is 0.362. The molecule has 8 heteroatoms. The molecule has 26 heavy (non-hydrogen) atoms. The minimum atomic E-state index is -0.660. The molecular weight excluding hydrogens is 332 g/mol. The van der Waals surface area contributed by atoms with Gasteiger partial charge in [0.15, 0.2) is 0 Å². The molecule has 7 N–H and O–H groups in total. The van der Waals surface area contributed by atoms with Crippen LogP contribution >= 0.6 is 0 Å². The second kappa shape index (κ2) is 10.9. The average molecular weight is 367 g/mol. The van der Waals surface area contributed by atoms with Crippen molar-refractivity contribution < 1.29 is 9.59 Å². The summed E-state index contributed by atoms with van der Waals surface area (Å²) in [5.41, 5.74) is 12.3. The van der Waals surface area contributed by atoms with Gasteiger partial charge in [-0.3, -0.25) is 9.59 Å². The van der Waals surface area contributed by atoms with Gasteiger partial charge in [0.1, 0.15) is 0 Å². The highest BCUT2D eigenvalue weighted by molar-refractivity contribution is 5.82. The summed E-state index contributed by atoms with van der Waals surface area (Å²) in [6, 6.07) is -1.18. The Bertz CT molecular complexity index is 544. The van der Waals surface area contributed by atoms with E-state index in [4.69, 9.17) is 11.5 Å². The standard InChI is InChI=1S/C18H34N6O2/c1-11(2)5-14(9-22-16(17(20)25)6-12(3)4)24-18(26)15(19)7-13-8-21-10-23-13/h8,10-12,14-16,22H,5-7,9,19H2,1-4H3,(H2,20,25)(H,21,23)(H,24,26)/t14-,15-,16-/m0/s1. The monoisotopic (exact) mass is 366 g/mol. The molecule has 0 radical (unpaired) electrons. The smallest absolute Gasteiger partial charge is 0.237 e. The number of carbonyl (C=O) groups is 2. The van der Waals surface area contributed by atoms with Gasteiger partial charge in [-0.05, 0) is 24.7 Å². The van der Waals surface area contributed by atoms with Crippen LogP contribution in [0.1, 0.15) is 46.2 Å². The normalized spacial score (nSPS) is 15.0. The number of aromatic nitrogens is 2. The third-order valence-corrected chi connectivity index (χ3v) is 4.09. The summed E-state index contributed by atoms with van der Waals surface area (Å²) in [6.07, 6.45) is 5.05. The molecular formula is C18H34N6O2. The van der Waals surface area contributed by atoms with Crippen molar-refractivity contribution in [2.45, 2.75) is 65.1 Å². The van der Waals surface area contributed by atoms with Gasteiger partial charge in [-0.15, -0.1) is 0 Å². The molecule has 2 amide bonds. The summed E-state index contributed by atoms with van der Waals surface area (Å²) in [7, 11) is 0. The van der Waals surface area contributed by atoms with Crippen LogP contribution in [0.5, 0.6) is 0 Å². The number of carbonyl (C=O) groups excluding carboxylic acids is 2. The molecule has 3 atom stereocenters. The number of nitrogens with zero attached hydrogens (tertiary/aromatic N) is 1. The minimum absolute atomic E-state index is 0.121. The number of hydrogen-bond acceptors (Lipinski definition) is 5. The van der Waals surface area contributed by atoms with E-state index in [1.807, 2.05) is 13.8 Å². The Balaban J connectivity index is 2.61. The number of primary amides is 1. The van der Waals surface area contributed by atoms with Gasteiger partial charge in [0, 0.05) is 30.9 Å². The first-order valence-corrected chi connectivity index (χ1v) is 9.24. The molecule has 0 saturated carbocycles. The van der Waals surface area contributed by atoms with E-state index in [0.717, 1.165) is 12.1 Å². The first-order valence-electron chi connectivity index (χ1n) is 9.24. The number of aromatic amines is 1. The highest BCUT2D eigenvalue weighted by Crippen LogP contribution is 2.08. The van der Waals surface area contributed by atoms with Crippen LogP contribution in [0.4, 0.5) is 0 Å². The van der Waals surface area contributed by atoms with Crippen molar-refractivity contribution in [3.05, 3.63) is 18.2 Å². The molecule has 0 spiro atoms. The Morgan fingerprint density at radius 2 is 1.85 bits per heavy atom. The van der Waals surface area contributed by atoms with E-state index in [2.05, 4.69) is 34.4 Å². The van der Waals surface area contributed by atoms with Crippen molar-refractivity contribution in [3.8, 4) is 0 Å². The fraction of sp³-hybridized carbons (Fsp3) is 0.722. The SMILES string of the molecule is CC(C)C[C@@H](CN[C@@H](CC(C)C)C(N)=O)NC(=O)[C@@H](N)Cc1cnc[nH]1. The summed E-state index contributed by atoms with van der Waals surface area (Å²) in [6.45, 7) is 8.73. The Morgan fingerprint density at radius 3 is 2.35 bits per heavy atom. The molecule has 1 aromatic rings. The van der Waals surface area contributed by atoms with E-state index in [-0.39, 0.29) is 17.9 Å². The van der Waals surface area contributed by atoms with Crippen LogP contribution in [-0.4, -0.2) is 46.5 Å². The highest BCUT2D eigenvalue weighted by atomic mass is 16.2. The number of H-pyrrole nitrogens is 1. The molecule has 1 heterocycles. The Morgan fingerprint density at radius 1 is 1.19 bits per heavy atom. The fourth-order valence-corrected chi connectivity index (χ4v) is 2.85. The second-order valence-corrected chi connectivity index (χ2v) is 7.72. The predicted molar refractivity (Wildman–Crippen MR) is 102 cm³/mol. The van der Waals surface area contributed by atoms with Gasteiger partial charge in [0.2, 0.25) is 11.8 Å². The van der Waals surface area contributed by atoms with Crippen LogP contribution in [0.2, 0.25) is 0 Å². The average Bonchev–Trinajstić information content (AvgIpc) is 3.02. The van der Waals surface area contributed by atoms with Crippen molar-refractivity contribution in [1.29, 1.82) is 0 Å². The summed E-state index contributed by atoms with van der Waals surface area (Å²) in [5.74, 6) is 0.153.